The molecule has 3 rings (SSSR count). The summed E-state index contributed by atoms with van der Waals surface area (Å²) in [5.41, 5.74) is 2.21. The second-order valence-corrected chi connectivity index (χ2v) is 12.0. The van der Waals surface area contributed by atoms with Gasteiger partial charge in [0.05, 0.1) is 0 Å². The molecule has 242 valence electrons. The van der Waals surface area contributed by atoms with Crippen LogP contribution in [0.5, 0.6) is 11.5 Å². The Labute approximate surface area is 264 Å². The SMILES string of the molecule is CCCCCCC(=O)OC(CC)COc1c2ccc(C)cc2c(OCC(CC)OC(=O)CCCCCC)c2ccc(C)cc12. The highest BCUT2D eigenvalue weighted by Gasteiger charge is 2.21. The first-order valence-corrected chi connectivity index (χ1v) is 16.9. The summed E-state index contributed by atoms with van der Waals surface area (Å²) in [5.74, 6) is 1.20. The first kappa shape index (κ1) is 35.2. The average Bonchev–Trinajstić information content (AvgIpc) is 3.01. The molecule has 6 heteroatoms. The normalized spacial score (nSPS) is 12.7. The van der Waals surface area contributed by atoms with E-state index in [-0.39, 0.29) is 37.4 Å². The van der Waals surface area contributed by atoms with E-state index in [2.05, 4.69) is 64.1 Å². The van der Waals surface area contributed by atoms with Crippen molar-refractivity contribution in [2.75, 3.05) is 13.2 Å². The van der Waals surface area contributed by atoms with Gasteiger partial charge >= 0.3 is 11.9 Å². The van der Waals surface area contributed by atoms with Crippen molar-refractivity contribution in [1.82, 2.24) is 0 Å². The molecular formula is C38H54O6. The van der Waals surface area contributed by atoms with Gasteiger partial charge in [0.1, 0.15) is 36.9 Å². The quantitative estimate of drug-likeness (QED) is 0.0724. The standard InChI is InChI=1S/C38H54O6/c1-7-11-13-15-17-35(39)43-29(9-3)25-41-37-31-21-19-28(6)24-34(31)38(32-22-20-27(5)23-33(32)37)42-26-30(10-4)44-36(40)18-16-14-12-8-2/h19-24,29-30H,7-18,25-26H2,1-6H3. The zero-order valence-corrected chi connectivity index (χ0v) is 28.0. The molecule has 0 saturated carbocycles. The summed E-state index contributed by atoms with van der Waals surface area (Å²) in [4.78, 5) is 25.0. The van der Waals surface area contributed by atoms with Crippen molar-refractivity contribution in [2.45, 2.75) is 131 Å². The van der Waals surface area contributed by atoms with E-state index in [0.717, 1.165) is 95.5 Å². The molecule has 0 aliphatic heterocycles. The number of carbonyl (C=O) groups is 2. The first-order chi connectivity index (χ1) is 21.3. The van der Waals surface area contributed by atoms with E-state index in [1.807, 2.05) is 13.8 Å². The summed E-state index contributed by atoms with van der Waals surface area (Å²) in [6.07, 6.45) is 9.93. The van der Waals surface area contributed by atoms with Crippen LogP contribution in [0.4, 0.5) is 0 Å². The number of hydrogen-bond acceptors (Lipinski definition) is 6. The summed E-state index contributed by atoms with van der Waals surface area (Å²) >= 11 is 0. The molecule has 0 fully saturated rings. The fraction of sp³-hybridized carbons (Fsp3) is 0.579. The molecule has 0 aliphatic carbocycles. The second-order valence-electron chi connectivity index (χ2n) is 12.0. The number of unbranched alkanes of at least 4 members (excludes halogenated alkanes) is 6. The predicted molar refractivity (Wildman–Crippen MR) is 180 cm³/mol. The minimum Gasteiger partial charge on any atom is -0.488 e. The third-order valence-electron chi connectivity index (χ3n) is 8.13. The highest BCUT2D eigenvalue weighted by Crippen LogP contribution is 2.43. The Hall–Kier alpha value is -3.28. The van der Waals surface area contributed by atoms with Crippen LogP contribution in [0, 0.1) is 13.8 Å². The van der Waals surface area contributed by atoms with Gasteiger partial charge in [-0.3, -0.25) is 9.59 Å². The van der Waals surface area contributed by atoms with Crippen molar-refractivity contribution >= 4 is 33.5 Å². The molecule has 0 aromatic heterocycles. The molecule has 0 aliphatic rings. The number of hydrogen-bond donors (Lipinski definition) is 0. The molecule has 2 atom stereocenters. The molecule has 44 heavy (non-hydrogen) atoms. The van der Waals surface area contributed by atoms with Crippen LogP contribution < -0.4 is 9.47 Å². The van der Waals surface area contributed by atoms with E-state index in [4.69, 9.17) is 18.9 Å². The minimum absolute atomic E-state index is 0.159. The number of rotatable bonds is 20. The summed E-state index contributed by atoms with van der Waals surface area (Å²) in [7, 11) is 0. The van der Waals surface area contributed by atoms with Crippen molar-refractivity contribution < 1.29 is 28.5 Å². The van der Waals surface area contributed by atoms with Crippen LogP contribution in [-0.2, 0) is 19.1 Å². The third kappa shape index (κ3) is 10.4. The minimum atomic E-state index is -0.327. The summed E-state index contributed by atoms with van der Waals surface area (Å²) < 4.78 is 24.7. The molecule has 0 bridgehead atoms. The van der Waals surface area contributed by atoms with E-state index < -0.39 is 0 Å². The van der Waals surface area contributed by atoms with Gasteiger partial charge in [0.2, 0.25) is 0 Å². The Bertz CT molecular complexity index is 1240. The van der Waals surface area contributed by atoms with Gasteiger partial charge in [-0.2, -0.15) is 0 Å². The molecular weight excluding hydrogens is 552 g/mol. The van der Waals surface area contributed by atoms with Crippen LogP contribution in [0.1, 0.15) is 116 Å². The Morgan fingerprint density at radius 3 is 1.34 bits per heavy atom. The maximum absolute atomic E-state index is 12.5. The zero-order valence-electron chi connectivity index (χ0n) is 28.0. The fourth-order valence-corrected chi connectivity index (χ4v) is 5.39. The molecule has 2 unspecified atom stereocenters. The third-order valence-corrected chi connectivity index (χ3v) is 8.13. The van der Waals surface area contributed by atoms with E-state index >= 15 is 0 Å². The largest absolute Gasteiger partial charge is 0.488 e. The number of ether oxygens (including phenoxy) is 4. The van der Waals surface area contributed by atoms with Crippen LogP contribution in [0.25, 0.3) is 21.5 Å². The van der Waals surface area contributed by atoms with Crippen LogP contribution in [-0.4, -0.2) is 37.4 Å². The number of fused-ring (bicyclic) bond motifs is 2. The number of esters is 2. The molecule has 3 aromatic rings. The van der Waals surface area contributed by atoms with Crippen molar-refractivity contribution in [1.29, 1.82) is 0 Å². The van der Waals surface area contributed by atoms with Crippen molar-refractivity contribution in [3.05, 3.63) is 47.5 Å². The van der Waals surface area contributed by atoms with E-state index in [9.17, 15) is 9.59 Å². The van der Waals surface area contributed by atoms with Gasteiger partial charge < -0.3 is 18.9 Å². The highest BCUT2D eigenvalue weighted by atomic mass is 16.6. The second kappa shape index (κ2) is 18.5. The van der Waals surface area contributed by atoms with Gasteiger partial charge in [-0.15, -0.1) is 0 Å². The summed E-state index contributed by atoms with van der Waals surface area (Å²) in [6, 6.07) is 12.5. The summed E-state index contributed by atoms with van der Waals surface area (Å²) in [6.45, 7) is 13.0. The zero-order chi connectivity index (χ0) is 31.9. The van der Waals surface area contributed by atoms with Crippen molar-refractivity contribution in [2.24, 2.45) is 0 Å². The van der Waals surface area contributed by atoms with Crippen molar-refractivity contribution in [3.63, 3.8) is 0 Å². The lowest BCUT2D eigenvalue weighted by Gasteiger charge is -2.22. The lowest BCUT2D eigenvalue weighted by molar-refractivity contribution is -0.151. The molecule has 0 radical (unpaired) electrons. The maximum atomic E-state index is 12.5. The van der Waals surface area contributed by atoms with Gasteiger partial charge in [0.15, 0.2) is 0 Å². The van der Waals surface area contributed by atoms with Gasteiger partial charge in [-0.05, 0) is 51.7 Å². The number of carbonyl (C=O) groups excluding carboxylic acids is 2. The lowest BCUT2D eigenvalue weighted by atomic mass is 9.97. The Kier molecular flexibility index (Phi) is 14.8. The van der Waals surface area contributed by atoms with Crippen LogP contribution >= 0.6 is 0 Å². The van der Waals surface area contributed by atoms with Crippen molar-refractivity contribution in [3.8, 4) is 11.5 Å². The van der Waals surface area contributed by atoms with E-state index in [0.29, 0.717) is 25.7 Å². The molecule has 0 heterocycles. The highest BCUT2D eigenvalue weighted by molar-refractivity contribution is 6.11. The number of aryl methyl sites for hydroxylation is 2. The molecule has 0 amide bonds. The first-order valence-electron chi connectivity index (χ1n) is 16.9. The molecule has 0 spiro atoms. The van der Waals surface area contributed by atoms with Crippen LogP contribution in [0.15, 0.2) is 36.4 Å². The average molecular weight is 607 g/mol. The topological polar surface area (TPSA) is 71.1 Å². The predicted octanol–water partition coefficient (Wildman–Crippen LogP) is 9.95. The van der Waals surface area contributed by atoms with Gasteiger partial charge in [-0.1, -0.05) is 102 Å². The smallest absolute Gasteiger partial charge is 0.306 e. The maximum Gasteiger partial charge on any atom is 0.306 e. The fourth-order valence-electron chi connectivity index (χ4n) is 5.39. The Morgan fingerprint density at radius 1 is 0.568 bits per heavy atom. The Morgan fingerprint density at radius 2 is 0.977 bits per heavy atom. The van der Waals surface area contributed by atoms with Crippen LogP contribution in [0.2, 0.25) is 0 Å². The summed E-state index contributed by atoms with van der Waals surface area (Å²) in [5, 5.41) is 3.76. The van der Waals surface area contributed by atoms with Crippen LogP contribution in [0.3, 0.4) is 0 Å². The monoisotopic (exact) mass is 606 g/mol. The molecule has 3 aromatic carbocycles. The molecule has 0 N–H and O–H groups in total. The van der Waals surface area contributed by atoms with Gasteiger partial charge in [0, 0.05) is 34.4 Å². The number of benzene rings is 3. The Balaban J connectivity index is 1.85. The molecule has 6 nitrogen and oxygen atoms in total. The van der Waals surface area contributed by atoms with Gasteiger partial charge in [-0.25, -0.2) is 0 Å². The van der Waals surface area contributed by atoms with E-state index in [1.54, 1.807) is 0 Å². The van der Waals surface area contributed by atoms with E-state index in [1.165, 1.54) is 0 Å². The molecule has 0 saturated heterocycles. The lowest BCUT2D eigenvalue weighted by Crippen LogP contribution is -2.25. The van der Waals surface area contributed by atoms with Gasteiger partial charge in [0.25, 0.3) is 0 Å².